The first kappa shape index (κ1) is 10.7. The van der Waals surface area contributed by atoms with Gasteiger partial charge in [0.05, 0.1) is 5.56 Å². The van der Waals surface area contributed by atoms with Crippen LogP contribution >= 0.6 is 0 Å². The number of cyclic esters (lactones) is 2. The number of carbonyl (C=O) groups is 2. The maximum absolute atomic E-state index is 11.5. The summed E-state index contributed by atoms with van der Waals surface area (Å²) in [5.74, 6) is -1.30. The number of aromatic nitrogens is 1. The molecule has 3 rings (SSSR count). The van der Waals surface area contributed by atoms with Crippen molar-refractivity contribution in [2.24, 2.45) is 0 Å². The Morgan fingerprint density at radius 2 is 1.83 bits per heavy atom. The topological polar surface area (TPSA) is 56.3 Å². The third-order valence-corrected chi connectivity index (χ3v) is 2.94. The van der Waals surface area contributed by atoms with E-state index in [1.54, 1.807) is 12.3 Å². The average molecular weight is 239 g/mol. The van der Waals surface area contributed by atoms with Gasteiger partial charge in [-0.05, 0) is 24.1 Å². The van der Waals surface area contributed by atoms with Crippen LogP contribution in [0.2, 0.25) is 0 Å². The van der Waals surface area contributed by atoms with E-state index >= 15 is 0 Å². The zero-order chi connectivity index (χ0) is 12.7. The molecule has 0 bridgehead atoms. The third kappa shape index (κ3) is 1.50. The first-order valence-electron chi connectivity index (χ1n) is 5.49. The predicted molar refractivity (Wildman–Crippen MR) is 64.2 cm³/mol. The molecule has 2 heterocycles. The van der Waals surface area contributed by atoms with Gasteiger partial charge in [-0.1, -0.05) is 24.3 Å². The minimum Gasteiger partial charge on any atom is -0.384 e. The van der Waals surface area contributed by atoms with Crippen molar-refractivity contribution in [3.63, 3.8) is 0 Å². The number of benzene rings is 1. The number of pyridine rings is 1. The minimum absolute atomic E-state index is 0.0948. The average Bonchev–Trinajstić information content (AvgIpc) is 2.65. The van der Waals surface area contributed by atoms with Crippen molar-refractivity contribution < 1.29 is 14.3 Å². The number of hydrogen-bond acceptors (Lipinski definition) is 4. The normalized spacial score (nSPS) is 13.4. The highest BCUT2D eigenvalue weighted by atomic mass is 16.6. The second-order valence-electron chi connectivity index (χ2n) is 4.11. The van der Waals surface area contributed by atoms with Gasteiger partial charge in [0, 0.05) is 11.8 Å². The molecule has 4 heteroatoms. The van der Waals surface area contributed by atoms with Crippen LogP contribution < -0.4 is 0 Å². The summed E-state index contributed by atoms with van der Waals surface area (Å²) in [7, 11) is 0. The SMILES string of the molecule is Cc1ccccc1-c1cnc2c(c1)C(=O)OC2=O. The van der Waals surface area contributed by atoms with Crippen LogP contribution in [0.25, 0.3) is 11.1 Å². The van der Waals surface area contributed by atoms with Gasteiger partial charge >= 0.3 is 11.9 Å². The zero-order valence-electron chi connectivity index (χ0n) is 9.64. The van der Waals surface area contributed by atoms with Crippen LogP contribution in [0.3, 0.4) is 0 Å². The van der Waals surface area contributed by atoms with Crippen LogP contribution in [-0.4, -0.2) is 16.9 Å². The molecule has 0 aliphatic carbocycles. The number of aryl methyl sites for hydroxylation is 1. The van der Waals surface area contributed by atoms with E-state index < -0.39 is 11.9 Å². The van der Waals surface area contributed by atoms with Gasteiger partial charge in [-0.15, -0.1) is 0 Å². The fourth-order valence-electron chi connectivity index (χ4n) is 2.01. The van der Waals surface area contributed by atoms with Crippen LogP contribution in [0.15, 0.2) is 36.5 Å². The number of fused-ring (bicyclic) bond motifs is 1. The lowest BCUT2D eigenvalue weighted by Gasteiger charge is -2.05. The van der Waals surface area contributed by atoms with E-state index in [9.17, 15) is 9.59 Å². The van der Waals surface area contributed by atoms with E-state index in [-0.39, 0.29) is 11.3 Å². The molecule has 0 spiro atoms. The van der Waals surface area contributed by atoms with E-state index in [0.717, 1.165) is 16.7 Å². The van der Waals surface area contributed by atoms with Crippen molar-refractivity contribution in [2.75, 3.05) is 0 Å². The van der Waals surface area contributed by atoms with E-state index in [0.29, 0.717) is 0 Å². The van der Waals surface area contributed by atoms with Crippen molar-refractivity contribution in [1.29, 1.82) is 0 Å². The maximum atomic E-state index is 11.5. The van der Waals surface area contributed by atoms with Crippen LogP contribution in [0.4, 0.5) is 0 Å². The van der Waals surface area contributed by atoms with Gasteiger partial charge in [-0.3, -0.25) is 0 Å². The van der Waals surface area contributed by atoms with Gasteiger partial charge in [0.15, 0.2) is 5.69 Å². The third-order valence-electron chi connectivity index (χ3n) is 2.94. The fourth-order valence-corrected chi connectivity index (χ4v) is 2.01. The molecule has 0 atom stereocenters. The summed E-state index contributed by atoms with van der Waals surface area (Å²) < 4.78 is 4.51. The predicted octanol–water partition coefficient (Wildman–Crippen LogP) is 2.37. The van der Waals surface area contributed by atoms with E-state index in [1.807, 2.05) is 31.2 Å². The molecule has 0 N–H and O–H groups in total. The molecule has 0 fully saturated rings. The van der Waals surface area contributed by atoms with Crippen molar-refractivity contribution in [2.45, 2.75) is 6.92 Å². The number of ether oxygens (including phenoxy) is 1. The number of nitrogens with zero attached hydrogens (tertiary/aromatic N) is 1. The van der Waals surface area contributed by atoms with Crippen LogP contribution in [0, 0.1) is 6.92 Å². The minimum atomic E-state index is -0.675. The molecular formula is C14H9NO3. The van der Waals surface area contributed by atoms with Crippen LogP contribution in [0.5, 0.6) is 0 Å². The molecular weight excluding hydrogens is 230 g/mol. The summed E-state index contributed by atoms with van der Waals surface area (Å²) in [6.07, 6.45) is 1.58. The Morgan fingerprint density at radius 1 is 1.06 bits per heavy atom. The second-order valence-corrected chi connectivity index (χ2v) is 4.11. The van der Waals surface area contributed by atoms with E-state index in [1.165, 1.54) is 0 Å². The summed E-state index contributed by atoms with van der Waals surface area (Å²) in [6, 6.07) is 9.43. The number of esters is 2. The fraction of sp³-hybridized carbons (Fsp3) is 0.0714. The van der Waals surface area contributed by atoms with Crippen molar-refractivity contribution in [1.82, 2.24) is 4.98 Å². The monoisotopic (exact) mass is 239 g/mol. The lowest BCUT2D eigenvalue weighted by molar-refractivity contribution is 0.0441. The number of hydrogen-bond donors (Lipinski definition) is 0. The molecule has 0 saturated heterocycles. The summed E-state index contributed by atoms with van der Waals surface area (Å²) in [6.45, 7) is 1.98. The van der Waals surface area contributed by atoms with Crippen molar-refractivity contribution in [3.8, 4) is 11.1 Å². The van der Waals surface area contributed by atoms with E-state index in [4.69, 9.17) is 0 Å². The summed E-state index contributed by atoms with van der Waals surface area (Å²) in [5.41, 5.74) is 3.20. The Bertz CT molecular complexity index is 676. The molecule has 2 aromatic rings. The molecule has 0 radical (unpaired) electrons. The molecule has 0 amide bonds. The Hall–Kier alpha value is -2.49. The van der Waals surface area contributed by atoms with Crippen molar-refractivity contribution in [3.05, 3.63) is 53.3 Å². The highest BCUT2D eigenvalue weighted by molar-refractivity contribution is 6.14. The molecule has 1 aromatic heterocycles. The molecule has 0 unspecified atom stereocenters. The molecule has 1 aliphatic heterocycles. The molecule has 0 saturated carbocycles. The maximum Gasteiger partial charge on any atom is 0.365 e. The van der Waals surface area contributed by atoms with Gasteiger partial charge in [0.2, 0.25) is 0 Å². The Morgan fingerprint density at radius 3 is 2.61 bits per heavy atom. The van der Waals surface area contributed by atoms with Gasteiger partial charge in [0.1, 0.15) is 0 Å². The Kier molecular flexibility index (Phi) is 2.23. The van der Waals surface area contributed by atoms with Crippen molar-refractivity contribution >= 4 is 11.9 Å². The molecule has 18 heavy (non-hydrogen) atoms. The first-order valence-corrected chi connectivity index (χ1v) is 5.49. The first-order chi connectivity index (χ1) is 8.66. The lowest BCUT2D eigenvalue weighted by atomic mass is 10.0. The summed E-state index contributed by atoms with van der Waals surface area (Å²) >= 11 is 0. The standard InChI is InChI=1S/C14H9NO3/c1-8-4-2-3-5-10(8)9-6-11-12(15-7-9)14(17)18-13(11)16/h2-7H,1H3. The Balaban J connectivity index is 2.17. The van der Waals surface area contributed by atoms with Gasteiger partial charge in [-0.25, -0.2) is 14.6 Å². The molecule has 1 aromatic carbocycles. The summed E-state index contributed by atoms with van der Waals surface area (Å²) in [4.78, 5) is 26.8. The summed E-state index contributed by atoms with van der Waals surface area (Å²) in [5, 5.41) is 0. The Labute approximate surface area is 103 Å². The quantitative estimate of drug-likeness (QED) is 0.566. The molecule has 88 valence electrons. The number of rotatable bonds is 1. The second kappa shape index (κ2) is 3.77. The molecule has 1 aliphatic rings. The highest BCUT2D eigenvalue weighted by Gasteiger charge is 2.31. The van der Waals surface area contributed by atoms with Gasteiger partial charge < -0.3 is 4.74 Å². The van der Waals surface area contributed by atoms with E-state index in [2.05, 4.69) is 9.72 Å². The van der Waals surface area contributed by atoms with Crippen LogP contribution in [0.1, 0.15) is 26.4 Å². The molecule has 4 nitrogen and oxygen atoms in total. The lowest BCUT2D eigenvalue weighted by Crippen LogP contribution is -1.97. The largest absolute Gasteiger partial charge is 0.384 e. The van der Waals surface area contributed by atoms with Gasteiger partial charge in [0.25, 0.3) is 0 Å². The smallest absolute Gasteiger partial charge is 0.365 e. The highest BCUT2D eigenvalue weighted by Crippen LogP contribution is 2.27. The van der Waals surface area contributed by atoms with Crippen LogP contribution in [-0.2, 0) is 4.74 Å². The van der Waals surface area contributed by atoms with Gasteiger partial charge in [-0.2, -0.15) is 0 Å². The number of carbonyl (C=O) groups excluding carboxylic acids is 2. The zero-order valence-corrected chi connectivity index (χ0v) is 9.64.